The lowest BCUT2D eigenvalue weighted by Gasteiger charge is -2.08. The van der Waals surface area contributed by atoms with Gasteiger partial charge in [0.1, 0.15) is 23.2 Å². The summed E-state index contributed by atoms with van der Waals surface area (Å²) in [6.45, 7) is 0.239. The minimum absolute atomic E-state index is 0.0256. The van der Waals surface area contributed by atoms with E-state index < -0.39 is 17.4 Å². The van der Waals surface area contributed by atoms with Crippen molar-refractivity contribution < 1.29 is 17.9 Å². The van der Waals surface area contributed by atoms with Gasteiger partial charge in [-0.2, -0.15) is 23.5 Å². The molecule has 0 unspecified atom stereocenters. The van der Waals surface area contributed by atoms with Gasteiger partial charge in [-0.15, -0.1) is 0 Å². The number of hydrogen-bond donors (Lipinski definition) is 1. The molecular weight excluding hydrogens is 297 g/mol. The fourth-order valence-corrected chi connectivity index (χ4v) is 2.00. The number of rotatable bonds is 4. The predicted molar refractivity (Wildman–Crippen MR) is 73.2 cm³/mol. The van der Waals surface area contributed by atoms with Crippen LogP contribution in [0.3, 0.4) is 0 Å². The third-order valence-corrected chi connectivity index (χ3v) is 3.02. The first-order chi connectivity index (χ1) is 10.4. The molecule has 0 spiro atoms. The Morgan fingerprint density at radius 1 is 1.41 bits per heavy atom. The molecule has 1 aromatic carbocycles. The number of halogens is 3. The summed E-state index contributed by atoms with van der Waals surface area (Å²) >= 11 is 0. The first-order valence-electron chi connectivity index (χ1n) is 6.28. The smallest absolute Gasteiger partial charge is 0.436 e. The third kappa shape index (κ3) is 3.14. The second-order valence-electron chi connectivity index (χ2n) is 4.51. The molecule has 116 valence electrons. The van der Waals surface area contributed by atoms with Gasteiger partial charge in [-0.25, -0.2) is 0 Å². The molecule has 0 aliphatic carbocycles. The number of methoxy groups -OCH3 is 1. The zero-order chi connectivity index (χ0) is 16.3. The van der Waals surface area contributed by atoms with Crippen molar-refractivity contribution in [2.45, 2.75) is 12.7 Å². The summed E-state index contributed by atoms with van der Waals surface area (Å²) in [5, 5.41) is 15.2. The summed E-state index contributed by atoms with van der Waals surface area (Å²) in [7, 11) is 2.88. The number of aryl methyl sites for hydroxylation is 1. The van der Waals surface area contributed by atoms with Crippen LogP contribution in [0.1, 0.15) is 16.8 Å². The molecule has 0 amide bonds. The fraction of sp³-hybridized carbons (Fsp3) is 0.286. The highest BCUT2D eigenvalue weighted by molar-refractivity contribution is 5.56. The van der Waals surface area contributed by atoms with E-state index >= 15 is 0 Å². The van der Waals surface area contributed by atoms with E-state index in [1.165, 1.54) is 14.2 Å². The van der Waals surface area contributed by atoms with Crippen LogP contribution in [0.5, 0.6) is 5.75 Å². The zero-order valence-corrected chi connectivity index (χ0v) is 11.9. The Bertz CT molecular complexity index is 716. The van der Waals surface area contributed by atoms with E-state index in [2.05, 4.69) is 10.4 Å². The highest BCUT2D eigenvalue weighted by Crippen LogP contribution is 2.33. The van der Waals surface area contributed by atoms with Gasteiger partial charge in [-0.1, -0.05) is 12.1 Å². The maximum absolute atomic E-state index is 12.8. The lowest BCUT2D eigenvalue weighted by Crippen LogP contribution is -2.08. The maximum atomic E-state index is 12.8. The van der Waals surface area contributed by atoms with E-state index in [1.807, 2.05) is 0 Å². The van der Waals surface area contributed by atoms with E-state index in [1.54, 1.807) is 30.3 Å². The molecule has 0 atom stereocenters. The van der Waals surface area contributed by atoms with E-state index in [4.69, 9.17) is 10.00 Å². The first kappa shape index (κ1) is 15.7. The van der Waals surface area contributed by atoms with Crippen molar-refractivity contribution in [3.05, 3.63) is 41.1 Å². The van der Waals surface area contributed by atoms with E-state index in [0.717, 1.165) is 10.2 Å². The Kier molecular flexibility index (Phi) is 4.26. The Morgan fingerprint density at radius 3 is 2.73 bits per heavy atom. The molecule has 1 heterocycles. The lowest BCUT2D eigenvalue weighted by molar-refractivity contribution is -0.141. The Labute approximate surface area is 124 Å². The van der Waals surface area contributed by atoms with Gasteiger partial charge in [0.15, 0.2) is 5.69 Å². The Morgan fingerprint density at radius 2 is 2.14 bits per heavy atom. The van der Waals surface area contributed by atoms with Crippen molar-refractivity contribution in [2.75, 3.05) is 12.4 Å². The molecular formula is C14H13F3N4O. The SMILES string of the molecule is COc1cccc(CNc2c(C#N)c(C(F)(F)F)nn2C)c1. The molecule has 0 radical (unpaired) electrons. The van der Waals surface area contributed by atoms with Crippen molar-refractivity contribution >= 4 is 5.82 Å². The first-order valence-corrected chi connectivity index (χ1v) is 6.28. The summed E-state index contributed by atoms with van der Waals surface area (Å²) in [6.07, 6.45) is -4.67. The number of alkyl halides is 3. The summed E-state index contributed by atoms with van der Waals surface area (Å²) in [6, 6.07) is 8.63. The normalized spacial score (nSPS) is 11.1. The van der Waals surface area contributed by atoms with Crippen LogP contribution in [0.2, 0.25) is 0 Å². The number of benzene rings is 1. The van der Waals surface area contributed by atoms with Crippen LogP contribution in [0.25, 0.3) is 0 Å². The molecule has 0 aliphatic rings. The number of nitrogens with one attached hydrogen (secondary N) is 1. The molecule has 8 heteroatoms. The monoisotopic (exact) mass is 310 g/mol. The van der Waals surface area contributed by atoms with Crippen LogP contribution in [-0.2, 0) is 19.8 Å². The molecule has 2 aromatic rings. The molecule has 0 bridgehead atoms. The van der Waals surface area contributed by atoms with E-state index in [9.17, 15) is 13.2 Å². The molecule has 0 saturated heterocycles. The van der Waals surface area contributed by atoms with Crippen LogP contribution in [0.4, 0.5) is 19.0 Å². The van der Waals surface area contributed by atoms with Gasteiger partial charge in [0.25, 0.3) is 0 Å². The topological polar surface area (TPSA) is 62.9 Å². The number of nitrogens with zero attached hydrogens (tertiary/aromatic N) is 3. The highest BCUT2D eigenvalue weighted by Gasteiger charge is 2.39. The third-order valence-electron chi connectivity index (χ3n) is 3.02. The van der Waals surface area contributed by atoms with Crippen LogP contribution in [-0.4, -0.2) is 16.9 Å². The van der Waals surface area contributed by atoms with Gasteiger partial charge in [-0.3, -0.25) is 4.68 Å². The van der Waals surface area contributed by atoms with E-state index in [-0.39, 0.29) is 12.4 Å². The van der Waals surface area contributed by atoms with Crippen LogP contribution in [0.15, 0.2) is 24.3 Å². The molecule has 2 rings (SSSR count). The maximum Gasteiger partial charge on any atom is 0.436 e. The number of nitriles is 1. The summed E-state index contributed by atoms with van der Waals surface area (Å²) in [5.74, 6) is 0.665. The van der Waals surface area contributed by atoms with Gasteiger partial charge >= 0.3 is 6.18 Å². The minimum Gasteiger partial charge on any atom is -0.497 e. The Balaban J connectivity index is 2.27. The molecule has 1 N–H and O–H groups in total. The van der Waals surface area contributed by atoms with Gasteiger partial charge in [0.05, 0.1) is 7.11 Å². The second kappa shape index (κ2) is 5.97. The van der Waals surface area contributed by atoms with Crippen molar-refractivity contribution in [2.24, 2.45) is 7.05 Å². The number of anilines is 1. The number of aromatic nitrogens is 2. The van der Waals surface area contributed by atoms with Crippen LogP contribution in [0, 0.1) is 11.3 Å². The number of hydrogen-bond acceptors (Lipinski definition) is 4. The summed E-state index contributed by atoms with van der Waals surface area (Å²) in [4.78, 5) is 0. The molecule has 1 aromatic heterocycles. The average Bonchev–Trinajstić information content (AvgIpc) is 2.81. The van der Waals surface area contributed by atoms with Crippen molar-refractivity contribution in [3.63, 3.8) is 0 Å². The van der Waals surface area contributed by atoms with Gasteiger partial charge in [0.2, 0.25) is 0 Å². The molecule has 5 nitrogen and oxygen atoms in total. The van der Waals surface area contributed by atoms with Crippen molar-refractivity contribution in [3.8, 4) is 11.8 Å². The van der Waals surface area contributed by atoms with Gasteiger partial charge in [0, 0.05) is 13.6 Å². The van der Waals surface area contributed by atoms with Gasteiger partial charge in [-0.05, 0) is 17.7 Å². The second-order valence-corrected chi connectivity index (χ2v) is 4.51. The van der Waals surface area contributed by atoms with Gasteiger partial charge < -0.3 is 10.1 Å². The minimum atomic E-state index is -4.67. The van der Waals surface area contributed by atoms with Crippen molar-refractivity contribution in [1.29, 1.82) is 5.26 Å². The zero-order valence-electron chi connectivity index (χ0n) is 11.9. The largest absolute Gasteiger partial charge is 0.497 e. The highest BCUT2D eigenvalue weighted by atomic mass is 19.4. The molecule has 0 saturated carbocycles. The summed E-state index contributed by atoms with van der Waals surface area (Å²) in [5.41, 5.74) is -0.901. The lowest BCUT2D eigenvalue weighted by atomic mass is 10.2. The molecule has 0 aliphatic heterocycles. The Hall–Kier alpha value is -2.69. The van der Waals surface area contributed by atoms with E-state index in [0.29, 0.717) is 5.75 Å². The average molecular weight is 310 g/mol. The summed E-state index contributed by atoms with van der Waals surface area (Å²) < 4.78 is 44.6. The van der Waals surface area contributed by atoms with Crippen LogP contribution >= 0.6 is 0 Å². The van der Waals surface area contributed by atoms with Crippen molar-refractivity contribution in [1.82, 2.24) is 9.78 Å². The standard InChI is InChI=1S/C14H13F3N4O/c1-21-13(11(7-18)12(20-21)14(15,16)17)19-8-9-4-3-5-10(6-9)22-2/h3-6,19H,8H2,1-2H3. The molecule has 22 heavy (non-hydrogen) atoms. The quantitative estimate of drug-likeness (QED) is 0.943. The molecule has 0 fully saturated rings. The fourth-order valence-electron chi connectivity index (χ4n) is 2.00. The number of ether oxygens (including phenoxy) is 1. The van der Waals surface area contributed by atoms with Crippen LogP contribution < -0.4 is 10.1 Å². The predicted octanol–water partition coefficient (Wildman–Crippen LogP) is 2.93.